The van der Waals surface area contributed by atoms with Crippen LogP contribution in [0.3, 0.4) is 0 Å². The monoisotopic (exact) mass is 438 g/mol. The van der Waals surface area contributed by atoms with Crippen LogP contribution >= 0.6 is 0 Å². The molecule has 0 amide bonds. The predicted octanol–water partition coefficient (Wildman–Crippen LogP) is 3.12. The van der Waals surface area contributed by atoms with Gasteiger partial charge in [-0.3, -0.25) is 14.4 Å². The van der Waals surface area contributed by atoms with Gasteiger partial charge in [0.2, 0.25) is 0 Å². The second kappa shape index (κ2) is 8.47. The standard InChI is InChI=1S/C24H38O7/c1-12-15-10-14(11-16(15)20(25)31-23(3,4)5)17(12)19-18(21(26)30-22(19)27)13(2)29-9-8-24(6,7)28/h12-19,28H,8-11H2,1-7H3. The number of hydrogen-bond donors (Lipinski definition) is 1. The molecule has 176 valence electrons. The smallest absolute Gasteiger partial charge is 0.320 e. The van der Waals surface area contributed by atoms with Crippen LogP contribution < -0.4 is 0 Å². The number of aliphatic hydroxyl groups is 1. The molecule has 8 atom stereocenters. The minimum atomic E-state index is -0.860. The van der Waals surface area contributed by atoms with Gasteiger partial charge < -0.3 is 19.3 Å². The molecule has 31 heavy (non-hydrogen) atoms. The van der Waals surface area contributed by atoms with E-state index in [4.69, 9.17) is 14.2 Å². The second-order valence-corrected chi connectivity index (χ2v) is 11.4. The molecule has 7 heteroatoms. The molecular formula is C24H38O7. The van der Waals surface area contributed by atoms with Gasteiger partial charge in [0.1, 0.15) is 5.60 Å². The lowest BCUT2D eigenvalue weighted by molar-refractivity contribution is -0.163. The third-order valence-electron chi connectivity index (χ3n) is 7.33. The minimum Gasteiger partial charge on any atom is -0.460 e. The van der Waals surface area contributed by atoms with Crippen LogP contribution in [0.5, 0.6) is 0 Å². The van der Waals surface area contributed by atoms with Crippen LogP contribution in [0.2, 0.25) is 0 Å². The second-order valence-electron chi connectivity index (χ2n) is 11.4. The molecular weight excluding hydrogens is 400 g/mol. The van der Waals surface area contributed by atoms with E-state index in [0.29, 0.717) is 19.4 Å². The normalized spacial score (nSPS) is 36.6. The number of ether oxygens (including phenoxy) is 3. The third-order valence-corrected chi connectivity index (χ3v) is 7.33. The van der Waals surface area contributed by atoms with Gasteiger partial charge in [0.25, 0.3) is 0 Å². The average Bonchev–Trinajstić information content (AvgIpc) is 3.23. The molecule has 2 bridgehead atoms. The largest absolute Gasteiger partial charge is 0.460 e. The van der Waals surface area contributed by atoms with E-state index < -0.39 is 41.1 Å². The van der Waals surface area contributed by atoms with Gasteiger partial charge in [0.15, 0.2) is 0 Å². The predicted molar refractivity (Wildman–Crippen MR) is 113 cm³/mol. The quantitative estimate of drug-likeness (QED) is 0.481. The van der Waals surface area contributed by atoms with Gasteiger partial charge in [-0.15, -0.1) is 0 Å². The SMILES string of the molecule is CC(OCCC(C)(C)O)C1C(=O)OC(=O)C1C1C2CC(C(=O)OC(C)(C)C)C(C2)C1C. The van der Waals surface area contributed by atoms with Gasteiger partial charge in [-0.25, -0.2) is 0 Å². The number of rotatable bonds is 7. The fraction of sp³-hybridized carbons (Fsp3) is 0.875. The summed E-state index contributed by atoms with van der Waals surface area (Å²) in [5, 5.41) is 9.90. The Morgan fingerprint density at radius 1 is 1.16 bits per heavy atom. The van der Waals surface area contributed by atoms with Gasteiger partial charge in [0.05, 0.1) is 29.5 Å². The van der Waals surface area contributed by atoms with Crippen LogP contribution in [0.25, 0.3) is 0 Å². The minimum absolute atomic E-state index is 0.00651. The van der Waals surface area contributed by atoms with Gasteiger partial charge >= 0.3 is 17.9 Å². The Morgan fingerprint density at radius 2 is 1.81 bits per heavy atom. The van der Waals surface area contributed by atoms with Crippen molar-refractivity contribution in [3.63, 3.8) is 0 Å². The average molecular weight is 439 g/mol. The Labute approximate surface area is 185 Å². The first-order chi connectivity index (χ1) is 14.2. The van der Waals surface area contributed by atoms with E-state index in [1.807, 2.05) is 20.8 Å². The highest BCUT2D eigenvalue weighted by Gasteiger charge is 2.62. The summed E-state index contributed by atoms with van der Waals surface area (Å²) >= 11 is 0. The first-order valence-corrected chi connectivity index (χ1v) is 11.5. The summed E-state index contributed by atoms with van der Waals surface area (Å²) in [5.41, 5.74) is -1.38. The highest BCUT2D eigenvalue weighted by Crippen LogP contribution is 2.60. The fourth-order valence-electron chi connectivity index (χ4n) is 6.00. The van der Waals surface area contributed by atoms with Crippen LogP contribution in [0, 0.1) is 41.4 Å². The lowest BCUT2D eigenvalue weighted by Crippen LogP contribution is -2.42. The number of cyclic esters (lactones) is 2. The fourth-order valence-corrected chi connectivity index (χ4v) is 6.00. The summed E-state index contributed by atoms with van der Waals surface area (Å²) in [5.74, 6) is -2.05. The highest BCUT2D eigenvalue weighted by molar-refractivity contribution is 5.97. The van der Waals surface area contributed by atoms with Crippen LogP contribution in [0.15, 0.2) is 0 Å². The maximum absolute atomic E-state index is 12.7. The molecule has 0 aromatic rings. The van der Waals surface area contributed by atoms with E-state index in [1.165, 1.54) is 0 Å². The number of carbonyl (C=O) groups excluding carboxylic acids is 3. The summed E-state index contributed by atoms with van der Waals surface area (Å²) in [4.78, 5) is 38.0. The molecule has 2 aliphatic carbocycles. The van der Waals surface area contributed by atoms with Crippen LogP contribution in [0.1, 0.15) is 67.7 Å². The molecule has 0 aromatic carbocycles. The van der Waals surface area contributed by atoms with E-state index in [-0.39, 0.29) is 35.6 Å². The molecule has 3 aliphatic rings. The van der Waals surface area contributed by atoms with Crippen molar-refractivity contribution in [3.05, 3.63) is 0 Å². The maximum atomic E-state index is 12.7. The molecule has 3 rings (SSSR count). The molecule has 1 aliphatic heterocycles. The van der Waals surface area contributed by atoms with Crippen molar-refractivity contribution in [3.8, 4) is 0 Å². The molecule has 0 spiro atoms. The summed E-state index contributed by atoms with van der Waals surface area (Å²) < 4.78 is 16.5. The topological polar surface area (TPSA) is 99.1 Å². The Bertz CT molecular complexity index is 714. The lowest BCUT2D eigenvalue weighted by atomic mass is 9.66. The van der Waals surface area contributed by atoms with Crippen LogP contribution in [-0.2, 0) is 28.6 Å². The van der Waals surface area contributed by atoms with Gasteiger partial charge in [-0.05, 0) is 84.5 Å². The molecule has 8 unspecified atom stereocenters. The van der Waals surface area contributed by atoms with Crippen molar-refractivity contribution in [2.75, 3.05) is 6.61 Å². The van der Waals surface area contributed by atoms with E-state index in [1.54, 1.807) is 20.8 Å². The Hall–Kier alpha value is -1.47. The van der Waals surface area contributed by atoms with Gasteiger partial charge in [0, 0.05) is 6.61 Å². The van der Waals surface area contributed by atoms with E-state index in [0.717, 1.165) is 6.42 Å². The van der Waals surface area contributed by atoms with Gasteiger partial charge in [-0.2, -0.15) is 0 Å². The number of carbonyl (C=O) groups is 3. The van der Waals surface area contributed by atoms with Crippen molar-refractivity contribution < 1.29 is 33.7 Å². The van der Waals surface area contributed by atoms with Crippen molar-refractivity contribution >= 4 is 17.9 Å². The maximum Gasteiger partial charge on any atom is 0.320 e. The van der Waals surface area contributed by atoms with Crippen molar-refractivity contribution in [1.82, 2.24) is 0 Å². The zero-order valence-corrected chi connectivity index (χ0v) is 19.8. The van der Waals surface area contributed by atoms with Crippen molar-refractivity contribution in [2.45, 2.75) is 85.0 Å². The third kappa shape index (κ3) is 5.14. The highest BCUT2D eigenvalue weighted by atomic mass is 16.6. The van der Waals surface area contributed by atoms with E-state index >= 15 is 0 Å². The lowest BCUT2D eigenvalue weighted by Gasteiger charge is -2.37. The first-order valence-electron chi connectivity index (χ1n) is 11.5. The van der Waals surface area contributed by atoms with Crippen LogP contribution in [0.4, 0.5) is 0 Å². The Kier molecular flexibility index (Phi) is 6.61. The first kappa shape index (κ1) is 24.2. The molecule has 0 radical (unpaired) electrons. The molecule has 1 saturated heterocycles. The molecule has 0 aromatic heterocycles. The van der Waals surface area contributed by atoms with Crippen molar-refractivity contribution in [2.24, 2.45) is 41.4 Å². The molecule has 7 nitrogen and oxygen atoms in total. The summed E-state index contributed by atoms with van der Waals surface area (Å²) in [6, 6.07) is 0. The molecule has 2 saturated carbocycles. The zero-order chi connectivity index (χ0) is 23.3. The summed E-state index contributed by atoms with van der Waals surface area (Å²) in [6.45, 7) is 13.2. The molecule has 1 N–H and O–H groups in total. The van der Waals surface area contributed by atoms with Gasteiger partial charge in [-0.1, -0.05) is 6.92 Å². The number of hydrogen-bond acceptors (Lipinski definition) is 7. The Balaban J connectivity index is 1.71. The summed E-state index contributed by atoms with van der Waals surface area (Å²) in [6.07, 6.45) is 1.50. The number of esters is 3. The Morgan fingerprint density at radius 3 is 2.35 bits per heavy atom. The number of fused-ring (bicyclic) bond motifs is 2. The van der Waals surface area contributed by atoms with Crippen LogP contribution in [-0.4, -0.2) is 46.9 Å². The summed E-state index contributed by atoms with van der Waals surface area (Å²) in [7, 11) is 0. The van der Waals surface area contributed by atoms with Crippen molar-refractivity contribution in [1.29, 1.82) is 0 Å². The van der Waals surface area contributed by atoms with E-state index in [9.17, 15) is 19.5 Å². The van der Waals surface area contributed by atoms with E-state index in [2.05, 4.69) is 6.92 Å². The molecule has 3 fully saturated rings. The zero-order valence-electron chi connectivity index (χ0n) is 19.8. The molecule has 1 heterocycles.